The number of hydrogen-bond acceptors (Lipinski definition) is 6. The summed E-state index contributed by atoms with van der Waals surface area (Å²) in [4.78, 5) is 47.3. The van der Waals surface area contributed by atoms with Crippen LogP contribution in [0.25, 0.3) is 0 Å². The summed E-state index contributed by atoms with van der Waals surface area (Å²) in [5.41, 5.74) is 11.8. The van der Waals surface area contributed by atoms with Crippen molar-refractivity contribution >= 4 is 23.7 Å². The van der Waals surface area contributed by atoms with Gasteiger partial charge in [-0.15, -0.1) is 0 Å². The molecule has 0 bridgehead atoms. The highest BCUT2D eigenvalue weighted by Crippen LogP contribution is 2.09. The van der Waals surface area contributed by atoms with Crippen LogP contribution in [0.1, 0.15) is 32.3 Å². The van der Waals surface area contributed by atoms with Crippen molar-refractivity contribution in [3.05, 3.63) is 35.9 Å². The number of aliphatic hydroxyl groups is 1. The highest BCUT2D eigenvalue weighted by molar-refractivity contribution is 5.93. The fraction of sp³-hybridized carbons (Fsp3) is 0.500. The van der Waals surface area contributed by atoms with E-state index in [1.807, 2.05) is 44.2 Å². The quantitative estimate of drug-likeness (QED) is 0.246. The number of carbonyl (C=O) groups is 4. The van der Waals surface area contributed by atoms with Gasteiger partial charge in [0.2, 0.25) is 11.8 Å². The Morgan fingerprint density at radius 2 is 1.57 bits per heavy atom. The standard InChI is InChI=1S/C20H30N4O6/c1-11(2)8-14(18(27)24-15(20(29)30)10-16(22)25)23-19(28)17(26)13(21)9-12-6-4-3-5-7-12/h3-7,11,13-15,17,26H,8-10,21H2,1-2H3,(H2,22,25)(H,23,28)(H,24,27)(H,29,30)/t13-,14-,15-,17+/m1/s1. The number of nitrogens with two attached hydrogens (primary N) is 2. The number of benzene rings is 1. The third-order valence-electron chi connectivity index (χ3n) is 4.35. The van der Waals surface area contributed by atoms with Crippen LogP contribution in [0, 0.1) is 5.92 Å². The van der Waals surface area contributed by atoms with Crippen LogP contribution < -0.4 is 22.1 Å². The van der Waals surface area contributed by atoms with Crippen molar-refractivity contribution in [2.45, 2.75) is 57.3 Å². The van der Waals surface area contributed by atoms with E-state index in [-0.39, 0.29) is 18.8 Å². The summed E-state index contributed by atoms with van der Waals surface area (Å²) < 4.78 is 0. The van der Waals surface area contributed by atoms with Crippen LogP contribution in [0.4, 0.5) is 0 Å². The molecule has 10 nitrogen and oxygen atoms in total. The smallest absolute Gasteiger partial charge is 0.326 e. The van der Waals surface area contributed by atoms with Gasteiger partial charge in [0.15, 0.2) is 0 Å². The first-order chi connectivity index (χ1) is 14.0. The summed E-state index contributed by atoms with van der Waals surface area (Å²) in [5.74, 6) is -4.00. The number of hydrogen-bond donors (Lipinski definition) is 6. The Balaban J connectivity index is 2.81. The van der Waals surface area contributed by atoms with E-state index in [2.05, 4.69) is 10.6 Å². The molecule has 0 aliphatic heterocycles. The van der Waals surface area contributed by atoms with E-state index in [4.69, 9.17) is 16.6 Å². The van der Waals surface area contributed by atoms with Crippen LogP contribution in [0.15, 0.2) is 30.3 Å². The van der Waals surface area contributed by atoms with Crippen molar-refractivity contribution in [3.8, 4) is 0 Å². The molecule has 0 aliphatic carbocycles. The van der Waals surface area contributed by atoms with Gasteiger partial charge in [-0.05, 0) is 24.3 Å². The average molecular weight is 422 g/mol. The van der Waals surface area contributed by atoms with Gasteiger partial charge in [0.25, 0.3) is 5.91 Å². The van der Waals surface area contributed by atoms with Crippen LogP contribution in [-0.2, 0) is 25.6 Å². The van der Waals surface area contributed by atoms with Crippen LogP contribution >= 0.6 is 0 Å². The van der Waals surface area contributed by atoms with Crippen molar-refractivity contribution in [2.75, 3.05) is 0 Å². The zero-order chi connectivity index (χ0) is 22.8. The van der Waals surface area contributed by atoms with Crippen LogP contribution in [0.5, 0.6) is 0 Å². The van der Waals surface area contributed by atoms with Crippen molar-refractivity contribution in [3.63, 3.8) is 0 Å². The maximum Gasteiger partial charge on any atom is 0.326 e. The van der Waals surface area contributed by atoms with E-state index in [9.17, 15) is 24.3 Å². The third kappa shape index (κ3) is 8.58. The van der Waals surface area contributed by atoms with Gasteiger partial charge in [-0.2, -0.15) is 0 Å². The number of aliphatic carboxylic acids is 1. The first kappa shape index (κ1) is 25.1. The second-order valence-corrected chi connectivity index (χ2v) is 7.56. The minimum atomic E-state index is -1.58. The molecule has 166 valence electrons. The SMILES string of the molecule is CC(C)C[C@@H](NC(=O)[C@@H](O)[C@H](N)Cc1ccccc1)C(=O)N[C@H](CC(N)=O)C(=O)O. The molecule has 0 heterocycles. The molecule has 4 atom stereocenters. The molecule has 0 unspecified atom stereocenters. The number of carbonyl (C=O) groups excluding carboxylic acids is 3. The summed E-state index contributed by atoms with van der Waals surface area (Å²) in [5, 5.41) is 24.1. The summed E-state index contributed by atoms with van der Waals surface area (Å²) >= 11 is 0. The second kappa shape index (κ2) is 11.9. The molecule has 0 spiro atoms. The van der Waals surface area contributed by atoms with Crippen molar-refractivity contribution in [2.24, 2.45) is 17.4 Å². The first-order valence-corrected chi connectivity index (χ1v) is 9.60. The number of primary amides is 1. The van der Waals surface area contributed by atoms with Crippen molar-refractivity contribution in [1.82, 2.24) is 10.6 Å². The summed E-state index contributed by atoms with van der Waals surface area (Å²) in [6, 6.07) is 5.52. The lowest BCUT2D eigenvalue weighted by Crippen LogP contribution is -2.56. The highest BCUT2D eigenvalue weighted by Gasteiger charge is 2.31. The van der Waals surface area contributed by atoms with E-state index >= 15 is 0 Å². The molecular formula is C20H30N4O6. The Bertz CT molecular complexity index is 740. The monoisotopic (exact) mass is 422 g/mol. The molecule has 8 N–H and O–H groups in total. The van der Waals surface area contributed by atoms with Crippen LogP contribution in [0.3, 0.4) is 0 Å². The zero-order valence-electron chi connectivity index (χ0n) is 17.1. The molecule has 0 saturated heterocycles. The molecule has 1 aromatic rings. The normalized spacial score (nSPS) is 15.0. The number of carboxylic acid groups (broad SMARTS) is 1. The van der Waals surface area contributed by atoms with E-state index < -0.39 is 54.3 Å². The van der Waals surface area contributed by atoms with Gasteiger partial charge in [-0.1, -0.05) is 44.2 Å². The lowest BCUT2D eigenvalue weighted by molar-refractivity contribution is -0.144. The fourth-order valence-electron chi connectivity index (χ4n) is 2.83. The van der Waals surface area contributed by atoms with Gasteiger partial charge in [0, 0.05) is 6.04 Å². The van der Waals surface area contributed by atoms with Crippen molar-refractivity contribution in [1.29, 1.82) is 0 Å². The van der Waals surface area contributed by atoms with Gasteiger partial charge >= 0.3 is 5.97 Å². The molecule has 1 rings (SSSR count). The number of rotatable bonds is 12. The zero-order valence-corrected chi connectivity index (χ0v) is 17.1. The maximum atomic E-state index is 12.5. The van der Waals surface area contributed by atoms with Gasteiger partial charge in [-0.3, -0.25) is 14.4 Å². The minimum absolute atomic E-state index is 0.0318. The first-order valence-electron chi connectivity index (χ1n) is 9.60. The van der Waals surface area contributed by atoms with Gasteiger partial charge in [0.1, 0.15) is 18.2 Å². The number of nitrogens with one attached hydrogen (secondary N) is 2. The molecule has 0 fully saturated rings. The largest absolute Gasteiger partial charge is 0.480 e. The molecule has 30 heavy (non-hydrogen) atoms. The average Bonchev–Trinajstić information content (AvgIpc) is 2.66. The van der Waals surface area contributed by atoms with Crippen LogP contribution in [-0.4, -0.2) is 58.1 Å². The lowest BCUT2D eigenvalue weighted by Gasteiger charge is -2.25. The summed E-state index contributed by atoms with van der Waals surface area (Å²) in [6.45, 7) is 3.62. The summed E-state index contributed by atoms with van der Waals surface area (Å²) in [6.07, 6.45) is -1.74. The number of aliphatic hydroxyl groups excluding tert-OH is 1. The van der Waals surface area contributed by atoms with Gasteiger partial charge < -0.3 is 32.3 Å². The highest BCUT2D eigenvalue weighted by atomic mass is 16.4. The lowest BCUT2D eigenvalue weighted by atomic mass is 9.99. The third-order valence-corrected chi connectivity index (χ3v) is 4.35. The van der Waals surface area contributed by atoms with Crippen LogP contribution in [0.2, 0.25) is 0 Å². The van der Waals surface area contributed by atoms with Gasteiger partial charge in [0.05, 0.1) is 6.42 Å². The molecule has 10 heteroatoms. The minimum Gasteiger partial charge on any atom is -0.480 e. The molecular weight excluding hydrogens is 392 g/mol. The van der Waals surface area contributed by atoms with E-state index in [1.165, 1.54) is 0 Å². The maximum absolute atomic E-state index is 12.5. The summed E-state index contributed by atoms with van der Waals surface area (Å²) in [7, 11) is 0. The van der Waals surface area contributed by atoms with Gasteiger partial charge in [-0.25, -0.2) is 4.79 Å². The molecule has 0 radical (unpaired) electrons. The van der Waals surface area contributed by atoms with E-state index in [1.54, 1.807) is 0 Å². The Labute approximate surface area is 175 Å². The molecule has 0 aromatic heterocycles. The second-order valence-electron chi connectivity index (χ2n) is 7.56. The molecule has 1 aromatic carbocycles. The molecule has 0 saturated carbocycles. The Kier molecular flexibility index (Phi) is 9.93. The molecule has 3 amide bonds. The fourth-order valence-corrected chi connectivity index (χ4v) is 2.83. The molecule has 0 aliphatic rings. The number of carboxylic acids is 1. The van der Waals surface area contributed by atoms with E-state index in [0.29, 0.717) is 0 Å². The van der Waals surface area contributed by atoms with E-state index in [0.717, 1.165) is 5.56 Å². The predicted molar refractivity (Wildman–Crippen MR) is 109 cm³/mol. The predicted octanol–water partition coefficient (Wildman–Crippen LogP) is -1.11. The Morgan fingerprint density at radius 1 is 1.00 bits per heavy atom. The number of amides is 3. The topological polar surface area (TPSA) is 185 Å². The van der Waals surface area contributed by atoms with Crippen molar-refractivity contribution < 1.29 is 29.4 Å². The Hall–Kier alpha value is -2.98. The Morgan fingerprint density at radius 3 is 2.07 bits per heavy atom.